The topological polar surface area (TPSA) is 366 Å². The van der Waals surface area contributed by atoms with Gasteiger partial charge in [-0.05, 0) is 0 Å². The number of hydrogen-bond acceptors (Lipinski definition) is 10. The molecule has 0 heterocycles. The average molecular weight is 452 g/mol. The number of rotatable bonds is 11. The molecule has 16 nitrogen and oxygen atoms in total. The monoisotopic (exact) mass is 452 g/mol. The molecule has 0 aliphatic heterocycles. The van der Waals surface area contributed by atoms with Crippen molar-refractivity contribution in [3.8, 4) is 0 Å². The van der Waals surface area contributed by atoms with E-state index < -0.39 is 50.1 Å². The van der Waals surface area contributed by atoms with Gasteiger partial charge in [0.2, 0.25) is 0 Å². The van der Waals surface area contributed by atoms with E-state index in [4.69, 9.17) is 0 Å². The Bertz CT molecular complexity index is 332. The van der Waals surface area contributed by atoms with Crippen molar-refractivity contribution in [2.45, 2.75) is 0 Å². The first-order valence-corrected chi connectivity index (χ1v) is 5.44. The smallest absolute Gasteiger partial charge is 0.549 e. The van der Waals surface area contributed by atoms with Crippen LogP contribution in [-0.4, -0.2) is 94.9 Å². The van der Waals surface area contributed by atoms with Gasteiger partial charge in [-0.2, -0.15) is 0 Å². The minimum atomic E-state index is -1.53. The minimum Gasteiger partial charge on any atom is -0.549 e. The van der Waals surface area contributed by atoms with Crippen molar-refractivity contribution in [3.05, 3.63) is 0 Å². The number of aliphatic carboxylic acids is 4. The third-order valence-corrected chi connectivity index (χ3v) is 2.14. The van der Waals surface area contributed by atoms with Crippen LogP contribution in [-0.2, 0) is 36.2 Å². The van der Waals surface area contributed by atoms with Gasteiger partial charge in [0.1, 0.15) is 0 Å². The summed E-state index contributed by atoms with van der Waals surface area (Å²) in [7, 11) is 0. The van der Waals surface area contributed by atoms with Gasteiger partial charge in [0.05, 0.1) is 23.9 Å². The standard InChI is InChI=1S/C10H16N2O8.Fe.2H3N.4H2O/c13-7(14)3-11(4-8(15)16)1-2-12(5-9(17)18)6-10(19)20;;;;;;;/h1-6H2,(H,13,14)(H,15,16)(H,17,18)(H,19,20);;2*1H3;4*1H2/q;+4;;;;;;/p-2. The van der Waals surface area contributed by atoms with Gasteiger partial charge < -0.3 is 73.8 Å². The molecule has 0 bridgehead atoms. The van der Waals surface area contributed by atoms with Gasteiger partial charge in [-0.15, -0.1) is 0 Å². The summed E-state index contributed by atoms with van der Waals surface area (Å²) >= 11 is 0. The van der Waals surface area contributed by atoms with Crippen LogP contribution in [0, 0.1) is 0 Å². The third kappa shape index (κ3) is 32.2. The SMILES string of the molecule is O.O.O.O.O=C([O-])CN(CCN(CC(=O)[O-])CC(=O)[O-])CC(=O)[O-].[Fe+4].[NH4+].[NH4+]. The molecule has 0 aromatic carbocycles. The van der Waals surface area contributed by atoms with Gasteiger partial charge in [-0.1, -0.05) is 0 Å². The fraction of sp³-hybridized carbons (Fsp3) is 0.600. The third-order valence-electron chi connectivity index (χ3n) is 2.14. The summed E-state index contributed by atoms with van der Waals surface area (Å²) in [6.07, 6.45) is 0. The Kier molecular flexibility index (Phi) is 48.6. The van der Waals surface area contributed by atoms with Crippen molar-refractivity contribution in [2.24, 2.45) is 0 Å². The number of quaternary nitrogens is 2. The van der Waals surface area contributed by atoms with E-state index >= 15 is 0 Å². The van der Waals surface area contributed by atoms with Crippen LogP contribution in [0.3, 0.4) is 0 Å². The fourth-order valence-electron chi connectivity index (χ4n) is 1.44. The van der Waals surface area contributed by atoms with Crippen LogP contribution in [0.15, 0.2) is 0 Å². The molecule has 0 aromatic heterocycles. The Balaban J connectivity index is -0.0000000860. The molecular weight excluding hydrogens is 424 g/mol. The van der Waals surface area contributed by atoms with E-state index in [1.165, 1.54) is 0 Å². The van der Waals surface area contributed by atoms with Crippen molar-refractivity contribution >= 4 is 23.9 Å². The number of hydrogen-bond donors (Lipinski definition) is 2. The van der Waals surface area contributed by atoms with Crippen molar-refractivity contribution in [1.29, 1.82) is 0 Å². The zero-order chi connectivity index (χ0) is 15.7. The van der Waals surface area contributed by atoms with E-state index in [1.807, 2.05) is 0 Å². The number of carbonyl (C=O) groups is 4. The summed E-state index contributed by atoms with van der Waals surface area (Å²) in [4.78, 5) is 43.4. The van der Waals surface area contributed by atoms with Crippen LogP contribution in [0.4, 0.5) is 0 Å². The Hall–Kier alpha value is -1.92. The second-order valence-electron chi connectivity index (χ2n) is 3.91. The molecule has 0 saturated carbocycles. The molecule has 0 radical (unpaired) electrons. The molecule has 17 heteroatoms. The second kappa shape index (κ2) is 26.3. The van der Waals surface area contributed by atoms with Gasteiger partial charge in [0.15, 0.2) is 0 Å². The first kappa shape index (κ1) is 49.8. The summed E-state index contributed by atoms with van der Waals surface area (Å²) in [5.41, 5.74) is 0. The minimum absolute atomic E-state index is 0. The molecule has 0 aromatic rings. The van der Waals surface area contributed by atoms with E-state index in [1.54, 1.807) is 0 Å². The molecule has 0 rings (SSSR count). The van der Waals surface area contributed by atoms with Crippen LogP contribution < -0.4 is 32.7 Å². The zero-order valence-corrected chi connectivity index (χ0v) is 15.9. The van der Waals surface area contributed by atoms with Crippen molar-refractivity contribution in [2.75, 3.05) is 39.3 Å². The second-order valence-corrected chi connectivity index (χ2v) is 3.91. The maximum absolute atomic E-state index is 10.4. The van der Waals surface area contributed by atoms with E-state index in [0.717, 1.165) is 9.80 Å². The van der Waals surface area contributed by atoms with Crippen LogP contribution in [0.1, 0.15) is 0 Å². The molecule has 0 atom stereocenters. The number of nitrogens with zero attached hydrogens (tertiary/aromatic N) is 2. The van der Waals surface area contributed by atoms with Crippen LogP contribution in [0.2, 0.25) is 0 Å². The summed E-state index contributed by atoms with van der Waals surface area (Å²) in [6.45, 7) is -3.25. The Morgan fingerprint density at radius 3 is 0.778 bits per heavy atom. The van der Waals surface area contributed by atoms with Gasteiger partial charge in [0.25, 0.3) is 0 Å². The van der Waals surface area contributed by atoms with Crippen LogP contribution in [0.25, 0.3) is 0 Å². The summed E-state index contributed by atoms with van der Waals surface area (Å²) in [6, 6.07) is 0. The summed E-state index contributed by atoms with van der Waals surface area (Å²) in [5, 5.41) is 41.6. The molecule has 166 valence electrons. The molecule has 0 aliphatic rings. The summed E-state index contributed by atoms with van der Waals surface area (Å²) < 4.78 is 0. The molecule has 0 aliphatic carbocycles. The molecule has 0 fully saturated rings. The van der Waals surface area contributed by atoms with Crippen molar-refractivity contribution in [3.63, 3.8) is 0 Å². The first-order chi connectivity index (χ1) is 9.20. The Labute approximate surface area is 164 Å². The van der Waals surface area contributed by atoms with Crippen molar-refractivity contribution < 1.29 is 78.6 Å². The van der Waals surface area contributed by atoms with E-state index in [-0.39, 0.29) is 64.4 Å². The number of carboxylic acids is 4. The zero-order valence-electron chi connectivity index (χ0n) is 14.8. The van der Waals surface area contributed by atoms with Crippen LogP contribution in [0.5, 0.6) is 0 Å². The normalized spacial score (nSPS) is 7.93. The Morgan fingerprint density at radius 1 is 0.519 bits per heavy atom. The van der Waals surface area contributed by atoms with Crippen molar-refractivity contribution in [1.82, 2.24) is 22.1 Å². The van der Waals surface area contributed by atoms with Gasteiger partial charge in [-0.3, -0.25) is 9.80 Å². The van der Waals surface area contributed by atoms with Gasteiger partial charge in [0, 0.05) is 39.3 Å². The van der Waals surface area contributed by atoms with Gasteiger partial charge >= 0.3 is 17.1 Å². The Morgan fingerprint density at radius 2 is 0.667 bits per heavy atom. The molecule has 27 heavy (non-hydrogen) atoms. The average Bonchev–Trinajstić information content (AvgIpc) is 2.22. The summed E-state index contributed by atoms with van der Waals surface area (Å²) in [5.74, 6) is -6.12. The molecule has 0 unspecified atom stereocenters. The maximum atomic E-state index is 10.4. The van der Waals surface area contributed by atoms with Gasteiger partial charge in [-0.25, -0.2) is 0 Å². The van der Waals surface area contributed by atoms with E-state index in [9.17, 15) is 39.6 Å². The molecule has 0 spiro atoms. The fourth-order valence-corrected chi connectivity index (χ4v) is 1.44. The largest absolute Gasteiger partial charge is 4.00 e. The molecular formula is C10H28FeN4O12+2. The van der Waals surface area contributed by atoms with Crippen LogP contribution >= 0.6 is 0 Å². The number of carbonyl (C=O) groups excluding carboxylic acids is 4. The quantitative estimate of drug-likeness (QED) is 0.278. The first-order valence-electron chi connectivity index (χ1n) is 5.44. The maximum Gasteiger partial charge on any atom is 4.00 e. The molecule has 0 saturated heterocycles. The molecule has 16 N–H and O–H groups in total. The van der Waals surface area contributed by atoms with E-state index in [0.29, 0.717) is 0 Å². The van der Waals surface area contributed by atoms with E-state index in [2.05, 4.69) is 0 Å². The molecule has 0 amide bonds. The predicted octanol–water partition coefficient (Wildman–Crippen LogP) is -9.96. The number of carboxylic acid groups (broad SMARTS) is 4. The predicted molar refractivity (Wildman–Crippen MR) is 79.3 cm³/mol.